The Morgan fingerprint density at radius 1 is 1.28 bits per heavy atom. The lowest BCUT2D eigenvalue weighted by Gasteiger charge is -2.31. The molecule has 134 valence electrons. The number of aromatic nitrogens is 2. The van der Waals surface area contributed by atoms with Crippen LogP contribution in [0.4, 0.5) is 5.69 Å². The standard InChI is InChI=1S/C18H21Cl2N3O2/c1-10-11(2)21-23(12(10)3)8-6-16(24)22-7-4-5-13-14(19)9-15(20)18(25)17(13)22/h9,25H,4-8H2,1-3H3. The van der Waals surface area contributed by atoms with Gasteiger partial charge in [-0.05, 0) is 50.8 Å². The zero-order chi connectivity index (χ0) is 18.3. The number of benzene rings is 1. The van der Waals surface area contributed by atoms with Gasteiger partial charge in [-0.25, -0.2) is 0 Å². The Kier molecular flexibility index (Phi) is 4.98. The first kappa shape index (κ1) is 18.1. The monoisotopic (exact) mass is 381 g/mol. The first-order chi connectivity index (χ1) is 11.8. The average molecular weight is 382 g/mol. The van der Waals surface area contributed by atoms with E-state index in [2.05, 4.69) is 5.10 Å². The number of nitrogens with zero attached hydrogens (tertiary/aromatic N) is 3. The number of carbonyl (C=O) groups is 1. The summed E-state index contributed by atoms with van der Waals surface area (Å²) in [6.07, 6.45) is 1.82. The molecule has 1 aliphatic heterocycles. The summed E-state index contributed by atoms with van der Waals surface area (Å²) < 4.78 is 1.86. The van der Waals surface area contributed by atoms with Gasteiger partial charge in [0, 0.05) is 30.2 Å². The van der Waals surface area contributed by atoms with E-state index in [9.17, 15) is 9.90 Å². The molecule has 1 amide bonds. The van der Waals surface area contributed by atoms with Gasteiger partial charge in [-0.3, -0.25) is 9.48 Å². The zero-order valence-electron chi connectivity index (χ0n) is 14.6. The maximum Gasteiger partial charge on any atom is 0.228 e. The third-order valence-corrected chi connectivity index (χ3v) is 5.56. The molecule has 0 unspecified atom stereocenters. The van der Waals surface area contributed by atoms with Crippen molar-refractivity contribution >= 4 is 34.8 Å². The molecule has 1 aliphatic rings. The minimum atomic E-state index is -0.0731. The van der Waals surface area contributed by atoms with E-state index in [0.29, 0.717) is 30.2 Å². The van der Waals surface area contributed by atoms with E-state index < -0.39 is 0 Å². The van der Waals surface area contributed by atoms with Crippen molar-refractivity contribution in [3.05, 3.63) is 38.6 Å². The second-order valence-corrected chi connectivity index (χ2v) is 7.25. The minimum Gasteiger partial charge on any atom is -0.504 e. The number of carbonyl (C=O) groups excluding carboxylic acids is 1. The summed E-state index contributed by atoms with van der Waals surface area (Å²) in [7, 11) is 0. The van der Waals surface area contributed by atoms with Gasteiger partial charge in [0.05, 0.1) is 16.4 Å². The summed E-state index contributed by atoms with van der Waals surface area (Å²) in [5.41, 5.74) is 4.43. The normalized spacial score (nSPS) is 13.9. The van der Waals surface area contributed by atoms with Crippen molar-refractivity contribution < 1.29 is 9.90 Å². The van der Waals surface area contributed by atoms with Gasteiger partial charge < -0.3 is 10.0 Å². The van der Waals surface area contributed by atoms with Crippen LogP contribution < -0.4 is 4.90 Å². The molecule has 0 spiro atoms. The Labute approximate surface area is 157 Å². The number of amides is 1. The molecule has 7 heteroatoms. The molecule has 0 fully saturated rings. The van der Waals surface area contributed by atoms with Gasteiger partial charge in [0.25, 0.3) is 0 Å². The molecule has 3 rings (SSSR count). The van der Waals surface area contributed by atoms with Crippen LogP contribution in [0, 0.1) is 20.8 Å². The van der Waals surface area contributed by atoms with Gasteiger partial charge in [0.2, 0.25) is 5.91 Å². The van der Waals surface area contributed by atoms with Crippen LogP contribution in [0.25, 0.3) is 0 Å². The van der Waals surface area contributed by atoms with E-state index in [1.807, 2.05) is 25.5 Å². The fraction of sp³-hybridized carbons (Fsp3) is 0.444. The van der Waals surface area contributed by atoms with Crippen LogP contribution >= 0.6 is 23.2 Å². The molecule has 0 radical (unpaired) electrons. The third-order valence-electron chi connectivity index (χ3n) is 4.94. The van der Waals surface area contributed by atoms with Gasteiger partial charge in [0.15, 0.2) is 5.75 Å². The number of fused-ring (bicyclic) bond motifs is 1. The quantitative estimate of drug-likeness (QED) is 0.866. The van der Waals surface area contributed by atoms with Crippen LogP contribution in [0.1, 0.15) is 35.4 Å². The van der Waals surface area contributed by atoms with Crippen LogP contribution in [0.2, 0.25) is 10.0 Å². The van der Waals surface area contributed by atoms with Crippen molar-refractivity contribution in [2.75, 3.05) is 11.4 Å². The Morgan fingerprint density at radius 3 is 2.64 bits per heavy atom. The maximum atomic E-state index is 12.8. The molecular weight excluding hydrogens is 361 g/mol. The van der Waals surface area contributed by atoms with Gasteiger partial charge in [-0.2, -0.15) is 5.10 Å². The van der Waals surface area contributed by atoms with Crippen LogP contribution in [0.15, 0.2) is 6.07 Å². The Hall–Kier alpha value is -1.72. The highest BCUT2D eigenvalue weighted by molar-refractivity contribution is 6.37. The molecule has 0 bridgehead atoms. The molecule has 0 aliphatic carbocycles. The second kappa shape index (κ2) is 6.89. The van der Waals surface area contributed by atoms with E-state index in [1.165, 1.54) is 6.07 Å². The summed E-state index contributed by atoms with van der Waals surface area (Å²) >= 11 is 12.3. The van der Waals surface area contributed by atoms with Gasteiger partial charge in [-0.1, -0.05) is 23.2 Å². The molecule has 0 atom stereocenters. The SMILES string of the molecule is Cc1nn(CCC(=O)N2CCCc3c(Cl)cc(Cl)c(O)c32)c(C)c1C. The van der Waals surface area contributed by atoms with Crippen molar-refractivity contribution in [1.82, 2.24) is 9.78 Å². The molecule has 2 aromatic rings. The van der Waals surface area contributed by atoms with Crippen LogP contribution in [0.5, 0.6) is 5.75 Å². The van der Waals surface area contributed by atoms with E-state index in [4.69, 9.17) is 23.2 Å². The number of anilines is 1. The predicted molar refractivity (Wildman–Crippen MR) is 99.9 cm³/mol. The van der Waals surface area contributed by atoms with Crippen molar-refractivity contribution in [2.24, 2.45) is 0 Å². The number of phenolic OH excluding ortho intramolecular Hbond substituents is 1. The van der Waals surface area contributed by atoms with E-state index in [0.717, 1.165) is 35.4 Å². The average Bonchev–Trinajstić information content (AvgIpc) is 2.84. The molecule has 0 saturated carbocycles. The number of rotatable bonds is 3. The summed E-state index contributed by atoms with van der Waals surface area (Å²) in [6.45, 7) is 7.04. The Morgan fingerprint density at radius 2 is 2.00 bits per heavy atom. The summed E-state index contributed by atoms with van der Waals surface area (Å²) in [4.78, 5) is 14.4. The predicted octanol–water partition coefficient (Wildman–Crippen LogP) is 4.19. The highest BCUT2D eigenvalue weighted by Gasteiger charge is 2.28. The fourth-order valence-corrected chi connectivity index (χ4v) is 3.83. The molecule has 2 heterocycles. The summed E-state index contributed by atoms with van der Waals surface area (Å²) in [6, 6.07) is 1.53. The lowest BCUT2D eigenvalue weighted by molar-refractivity contribution is -0.119. The minimum absolute atomic E-state index is 0.0696. The lowest BCUT2D eigenvalue weighted by atomic mass is 10.0. The Balaban J connectivity index is 1.84. The molecule has 5 nitrogen and oxygen atoms in total. The number of phenols is 1. The summed E-state index contributed by atoms with van der Waals surface area (Å²) in [5, 5.41) is 15.5. The highest BCUT2D eigenvalue weighted by Crippen LogP contribution is 2.44. The first-order valence-corrected chi connectivity index (χ1v) is 9.07. The van der Waals surface area contributed by atoms with Crippen molar-refractivity contribution in [3.63, 3.8) is 0 Å². The molecule has 1 N–H and O–H groups in total. The fourth-order valence-electron chi connectivity index (χ4n) is 3.28. The van der Waals surface area contributed by atoms with Gasteiger partial charge >= 0.3 is 0 Å². The smallest absolute Gasteiger partial charge is 0.228 e. The zero-order valence-corrected chi connectivity index (χ0v) is 16.1. The lowest BCUT2D eigenvalue weighted by Crippen LogP contribution is -2.36. The van der Waals surface area contributed by atoms with Gasteiger partial charge in [-0.15, -0.1) is 0 Å². The van der Waals surface area contributed by atoms with Crippen LogP contribution in [-0.4, -0.2) is 27.3 Å². The Bertz CT molecular complexity index is 846. The topological polar surface area (TPSA) is 58.4 Å². The van der Waals surface area contributed by atoms with E-state index in [-0.39, 0.29) is 16.7 Å². The summed E-state index contributed by atoms with van der Waals surface area (Å²) in [5.74, 6) is -0.143. The number of aromatic hydroxyl groups is 1. The van der Waals surface area contributed by atoms with E-state index >= 15 is 0 Å². The van der Waals surface area contributed by atoms with Crippen molar-refractivity contribution in [3.8, 4) is 5.75 Å². The first-order valence-electron chi connectivity index (χ1n) is 8.32. The van der Waals surface area contributed by atoms with Crippen LogP contribution in [-0.2, 0) is 17.8 Å². The third kappa shape index (κ3) is 3.23. The number of aryl methyl sites for hydroxylation is 2. The molecule has 1 aromatic heterocycles. The molecule has 1 aromatic carbocycles. The highest BCUT2D eigenvalue weighted by atomic mass is 35.5. The van der Waals surface area contributed by atoms with Crippen LogP contribution in [0.3, 0.4) is 0 Å². The number of halogens is 2. The number of hydrogen-bond donors (Lipinski definition) is 1. The largest absolute Gasteiger partial charge is 0.504 e. The van der Waals surface area contributed by atoms with Gasteiger partial charge in [0.1, 0.15) is 0 Å². The molecular formula is C18H21Cl2N3O2. The maximum absolute atomic E-state index is 12.8. The second-order valence-electron chi connectivity index (χ2n) is 6.43. The number of hydrogen-bond acceptors (Lipinski definition) is 3. The van der Waals surface area contributed by atoms with Crippen molar-refractivity contribution in [1.29, 1.82) is 0 Å². The molecule has 25 heavy (non-hydrogen) atoms. The van der Waals surface area contributed by atoms with Crippen molar-refractivity contribution in [2.45, 2.75) is 46.6 Å². The van der Waals surface area contributed by atoms with E-state index in [1.54, 1.807) is 4.90 Å². The molecule has 0 saturated heterocycles.